The van der Waals surface area contributed by atoms with E-state index in [1.165, 1.54) is 25.3 Å². The molecule has 256 valence electrons. The standard InChI is InChI=1S/C32H41ClF3N7O3S/c33-24-17-20(16-23(28(24)37)32(34,35)36)18-26(29(44)41-11-4-21(5-12-41)40-9-2-1-3-10-40)39-30(45)42-13-6-22(7-14-42)43-19-27-25(8-15-47-27)38-31(43)46/h8,15-17,21-22,26H,1-7,9-14,18-19,37H2,(H,38,46)(H,39,45)/t26-/m1/s1. The second kappa shape index (κ2) is 14.1. The van der Waals surface area contributed by atoms with Gasteiger partial charge in [0.05, 0.1) is 28.5 Å². The molecule has 4 N–H and O–H groups in total. The van der Waals surface area contributed by atoms with Crippen LogP contribution in [0.15, 0.2) is 23.6 Å². The van der Waals surface area contributed by atoms with Crippen molar-refractivity contribution < 1.29 is 27.6 Å². The lowest BCUT2D eigenvalue weighted by atomic mass is 9.97. The van der Waals surface area contributed by atoms with Crippen LogP contribution in [0, 0.1) is 0 Å². The number of likely N-dealkylation sites (tertiary alicyclic amines) is 3. The van der Waals surface area contributed by atoms with Crippen molar-refractivity contribution in [2.24, 2.45) is 0 Å². The molecule has 4 aliphatic rings. The highest BCUT2D eigenvalue weighted by Gasteiger charge is 2.38. The smallest absolute Gasteiger partial charge is 0.397 e. The number of carbonyl (C=O) groups excluding carboxylic acids is 3. The summed E-state index contributed by atoms with van der Waals surface area (Å²) >= 11 is 7.70. The zero-order valence-electron chi connectivity index (χ0n) is 26.2. The Labute approximate surface area is 281 Å². The number of urea groups is 2. The van der Waals surface area contributed by atoms with Crippen molar-refractivity contribution in [3.8, 4) is 0 Å². The number of nitrogens with zero attached hydrogens (tertiary/aromatic N) is 4. The van der Waals surface area contributed by atoms with E-state index in [0.29, 0.717) is 51.6 Å². The number of amides is 5. The molecule has 0 unspecified atom stereocenters. The molecule has 1 atom stereocenters. The van der Waals surface area contributed by atoms with Gasteiger partial charge in [0.1, 0.15) is 6.04 Å². The van der Waals surface area contributed by atoms with Crippen LogP contribution in [0.3, 0.4) is 0 Å². The van der Waals surface area contributed by atoms with Gasteiger partial charge in [-0.3, -0.25) is 4.79 Å². The topological polar surface area (TPSA) is 114 Å². The summed E-state index contributed by atoms with van der Waals surface area (Å²) in [6, 6.07) is 2.74. The van der Waals surface area contributed by atoms with E-state index in [4.69, 9.17) is 17.3 Å². The fourth-order valence-electron chi connectivity index (χ4n) is 7.32. The van der Waals surface area contributed by atoms with Crippen molar-refractivity contribution >= 4 is 52.3 Å². The normalized spacial score (nSPS) is 20.9. The highest BCUT2D eigenvalue weighted by atomic mass is 35.5. The lowest BCUT2D eigenvalue weighted by Gasteiger charge is -2.41. The van der Waals surface area contributed by atoms with Gasteiger partial charge in [-0.2, -0.15) is 13.2 Å². The second-order valence-electron chi connectivity index (χ2n) is 12.9. The molecule has 0 bridgehead atoms. The number of fused-ring (bicyclic) bond motifs is 1. The summed E-state index contributed by atoms with van der Waals surface area (Å²) in [4.78, 5) is 49.0. The highest BCUT2D eigenvalue weighted by molar-refractivity contribution is 7.10. The Morgan fingerprint density at radius 3 is 2.34 bits per heavy atom. The van der Waals surface area contributed by atoms with Crippen molar-refractivity contribution in [2.45, 2.75) is 82.2 Å². The van der Waals surface area contributed by atoms with E-state index in [0.717, 1.165) is 42.6 Å². The van der Waals surface area contributed by atoms with Crippen LogP contribution in [0.1, 0.15) is 60.9 Å². The molecular formula is C32H41ClF3N7O3S. The molecule has 1 aromatic heterocycles. The van der Waals surface area contributed by atoms with E-state index in [9.17, 15) is 27.6 Å². The molecule has 3 saturated heterocycles. The third-order valence-corrected chi connectivity index (χ3v) is 11.2. The number of rotatable bonds is 6. The van der Waals surface area contributed by atoms with Crippen LogP contribution >= 0.6 is 22.9 Å². The summed E-state index contributed by atoms with van der Waals surface area (Å²) in [6.45, 7) is 4.40. The van der Waals surface area contributed by atoms with Crippen molar-refractivity contribution in [1.29, 1.82) is 0 Å². The van der Waals surface area contributed by atoms with Crippen molar-refractivity contribution in [1.82, 2.24) is 24.9 Å². The largest absolute Gasteiger partial charge is 0.418 e. The van der Waals surface area contributed by atoms with Gasteiger partial charge >= 0.3 is 18.2 Å². The van der Waals surface area contributed by atoms with Crippen LogP contribution in [0.5, 0.6) is 0 Å². The van der Waals surface area contributed by atoms with E-state index < -0.39 is 29.5 Å². The number of alkyl halides is 3. The monoisotopic (exact) mass is 695 g/mol. The third kappa shape index (κ3) is 7.59. The number of nitrogens with one attached hydrogen (secondary N) is 2. The molecule has 4 aliphatic heterocycles. The second-order valence-corrected chi connectivity index (χ2v) is 14.3. The number of nitrogen functional groups attached to an aromatic ring is 1. The fraction of sp³-hybridized carbons (Fsp3) is 0.594. The van der Waals surface area contributed by atoms with Crippen LogP contribution < -0.4 is 16.4 Å². The average molecular weight is 696 g/mol. The number of thiophene rings is 1. The molecule has 47 heavy (non-hydrogen) atoms. The summed E-state index contributed by atoms with van der Waals surface area (Å²) in [6.07, 6.45) is 1.42. The maximum absolute atomic E-state index is 14.0. The van der Waals surface area contributed by atoms with Gasteiger partial charge in [-0.25, -0.2) is 9.59 Å². The van der Waals surface area contributed by atoms with Gasteiger partial charge < -0.3 is 36.0 Å². The maximum Gasteiger partial charge on any atom is 0.418 e. The minimum Gasteiger partial charge on any atom is -0.397 e. The van der Waals surface area contributed by atoms with E-state index >= 15 is 0 Å². The van der Waals surface area contributed by atoms with Crippen LogP contribution in [0.25, 0.3) is 0 Å². The number of piperidine rings is 3. The number of carbonyl (C=O) groups is 3. The van der Waals surface area contributed by atoms with Crippen LogP contribution in [0.2, 0.25) is 5.02 Å². The molecule has 2 aromatic rings. The maximum atomic E-state index is 14.0. The van der Waals surface area contributed by atoms with Gasteiger partial charge in [0, 0.05) is 49.6 Å². The van der Waals surface area contributed by atoms with E-state index in [1.807, 2.05) is 11.4 Å². The first-order chi connectivity index (χ1) is 22.5. The molecule has 0 aliphatic carbocycles. The predicted molar refractivity (Wildman–Crippen MR) is 175 cm³/mol. The van der Waals surface area contributed by atoms with Gasteiger partial charge in [0.25, 0.3) is 0 Å². The van der Waals surface area contributed by atoms with Crippen molar-refractivity contribution in [3.63, 3.8) is 0 Å². The number of hydrogen-bond donors (Lipinski definition) is 3. The molecule has 0 spiro atoms. The summed E-state index contributed by atoms with van der Waals surface area (Å²) in [5.74, 6) is -0.330. The van der Waals surface area contributed by atoms with Gasteiger partial charge in [0.2, 0.25) is 5.91 Å². The van der Waals surface area contributed by atoms with Crippen LogP contribution in [-0.4, -0.2) is 95.0 Å². The lowest BCUT2D eigenvalue weighted by Crippen LogP contribution is -2.57. The van der Waals surface area contributed by atoms with Gasteiger partial charge in [-0.05, 0) is 80.8 Å². The number of anilines is 2. The van der Waals surface area contributed by atoms with Crippen LogP contribution in [0.4, 0.5) is 34.1 Å². The first-order valence-electron chi connectivity index (χ1n) is 16.4. The number of hydrogen-bond acceptors (Lipinski definition) is 6. The molecule has 10 nitrogen and oxygen atoms in total. The molecule has 15 heteroatoms. The summed E-state index contributed by atoms with van der Waals surface area (Å²) in [5.41, 5.74) is 5.00. The lowest BCUT2D eigenvalue weighted by molar-refractivity contribution is -0.137. The molecule has 1 aromatic carbocycles. The summed E-state index contributed by atoms with van der Waals surface area (Å²) in [7, 11) is 0. The van der Waals surface area contributed by atoms with E-state index in [1.54, 1.807) is 26.0 Å². The number of halogens is 4. The molecular weight excluding hydrogens is 655 g/mol. The molecule has 0 saturated carbocycles. The Morgan fingerprint density at radius 1 is 1.00 bits per heavy atom. The quantitative estimate of drug-likeness (QED) is 0.340. The number of nitrogens with two attached hydrogens (primary N) is 1. The first-order valence-corrected chi connectivity index (χ1v) is 17.6. The van der Waals surface area contributed by atoms with Crippen molar-refractivity contribution in [3.05, 3.63) is 44.6 Å². The molecule has 0 radical (unpaired) electrons. The predicted octanol–water partition coefficient (Wildman–Crippen LogP) is 5.61. The SMILES string of the molecule is Nc1c(Cl)cc(C[C@@H](NC(=O)N2CCC(N3Cc4sccc4NC3=O)CC2)C(=O)N2CCC(N3CCCCC3)CC2)cc1C(F)(F)F. The molecule has 5 heterocycles. The Hall–Kier alpha value is -3.23. The minimum absolute atomic E-state index is 0.0503. The van der Waals surface area contributed by atoms with Gasteiger partial charge in [0.15, 0.2) is 0 Å². The van der Waals surface area contributed by atoms with E-state index in [-0.39, 0.29) is 35.0 Å². The summed E-state index contributed by atoms with van der Waals surface area (Å²) < 4.78 is 41.3. The van der Waals surface area contributed by atoms with Gasteiger partial charge in [-0.15, -0.1) is 11.3 Å². The fourth-order valence-corrected chi connectivity index (χ4v) is 8.39. The minimum atomic E-state index is -4.73. The molecule has 6 rings (SSSR count). The zero-order valence-corrected chi connectivity index (χ0v) is 27.7. The average Bonchev–Trinajstić information content (AvgIpc) is 3.52. The summed E-state index contributed by atoms with van der Waals surface area (Å²) in [5, 5.41) is 7.46. The third-order valence-electron chi connectivity index (χ3n) is 9.97. The molecule has 5 amide bonds. The van der Waals surface area contributed by atoms with Gasteiger partial charge in [-0.1, -0.05) is 18.0 Å². The Morgan fingerprint density at radius 2 is 1.66 bits per heavy atom. The van der Waals surface area contributed by atoms with Crippen molar-refractivity contribution in [2.75, 3.05) is 50.3 Å². The Kier molecular flexibility index (Phi) is 10.1. The van der Waals surface area contributed by atoms with Crippen LogP contribution in [-0.2, 0) is 23.9 Å². The Bertz CT molecular complexity index is 1470. The first kappa shape index (κ1) is 33.7. The van der Waals surface area contributed by atoms with E-state index in [2.05, 4.69) is 15.5 Å². The zero-order chi connectivity index (χ0) is 33.3. The highest BCUT2D eigenvalue weighted by Crippen LogP contribution is 2.38. The molecule has 3 fully saturated rings. The number of benzene rings is 1. The Balaban J connectivity index is 1.13.